The Kier molecular flexibility index (Phi) is 9.60. The van der Waals surface area contributed by atoms with Crippen molar-refractivity contribution >= 4 is 36.6 Å². The minimum absolute atomic E-state index is 0. The highest BCUT2D eigenvalue weighted by Crippen LogP contribution is 2.35. The number of aromatic nitrogens is 4. The highest BCUT2D eigenvalue weighted by molar-refractivity contribution is 5.94. The molecule has 0 bridgehead atoms. The van der Waals surface area contributed by atoms with E-state index in [9.17, 15) is 19.1 Å². The summed E-state index contributed by atoms with van der Waals surface area (Å²) < 4.78 is 40.2. The molecule has 0 aliphatic carbocycles. The molecule has 0 unspecified atom stereocenters. The summed E-state index contributed by atoms with van der Waals surface area (Å²) in [5.41, 5.74) is -0.883. The molecule has 1 aromatic heterocycles. The summed E-state index contributed by atoms with van der Waals surface area (Å²) in [7, 11) is 0. The number of aliphatic hydroxyl groups is 1. The number of carbonyl (C=O) groups excluding carboxylic acids is 2. The minimum Gasteiger partial charge on any atom is -0.435 e. The van der Waals surface area contributed by atoms with Crippen molar-refractivity contribution < 1.29 is 33.0 Å². The molecule has 0 spiro atoms. The number of benzene rings is 2. The molecular weight excluding hydrogens is 592 g/mol. The summed E-state index contributed by atoms with van der Waals surface area (Å²) in [5.74, 6) is -1.77. The number of carbonyl (C=O) groups is 2. The molecule has 5 rings (SSSR count). The Labute approximate surface area is 251 Å². The van der Waals surface area contributed by atoms with Crippen molar-refractivity contribution in [2.75, 3.05) is 44.5 Å². The van der Waals surface area contributed by atoms with Gasteiger partial charge in [0.1, 0.15) is 36.6 Å². The number of halogens is 3. The fourth-order valence-electron chi connectivity index (χ4n) is 4.93. The lowest BCUT2D eigenvalue weighted by Crippen LogP contribution is -2.55. The Balaban J connectivity index is 0.00000423. The lowest BCUT2D eigenvalue weighted by Gasteiger charge is -2.41. The van der Waals surface area contributed by atoms with Crippen molar-refractivity contribution in [3.63, 3.8) is 0 Å². The number of amides is 2. The molecule has 2 amide bonds. The van der Waals surface area contributed by atoms with E-state index in [4.69, 9.17) is 9.47 Å². The van der Waals surface area contributed by atoms with Crippen LogP contribution in [0.2, 0.25) is 0 Å². The quantitative estimate of drug-likeness (QED) is 0.336. The number of hydrogen-bond acceptors (Lipinski definition) is 11. The van der Waals surface area contributed by atoms with Crippen LogP contribution >= 0.6 is 12.4 Å². The van der Waals surface area contributed by atoms with Crippen LogP contribution in [-0.2, 0) is 15.1 Å². The van der Waals surface area contributed by atoms with Crippen molar-refractivity contribution in [2.45, 2.75) is 25.5 Å². The Morgan fingerprint density at radius 3 is 2.53 bits per heavy atom. The molecule has 14 nitrogen and oxygen atoms in total. The number of rotatable bonds is 10. The first kappa shape index (κ1) is 31.4. The van der Waals surface area contributed by atoms with E-state index in [1.165, 1.54) is 38.2 Å². The molecular formula is C26H30ClF2N9O5. The van der Waals surface area contributed by atoms with E-state index in [2.05, 4.69) is 20.6 Å². The second-order valence-electron chi connectivity index (χ2n) is 9.70. The van der Waals surface area contributed by atoms with Crippen LogP contribution in [0.1, 0.15) is 19.4 Å². The van der Waals surface area contributed by atoms with E-state index in [0.717, 1.165) is 6.07 Å². The van der Waals surface area contributed by atoms with Crippen LogP contribution in [0.15, 0.2) is 53.9 Å². The number of urea groups is 1. The topological polar surface area (TPSA) is 142 Å². The molecule has 1 N–H and O–H groups in total. The molecule has 2 aliphatic rings. The summed E-state index contributed by atoms with van der Waals surface area (Å²) >= 11 is 0. The molecule has 1 fully saturated rings. The largest absolute Gasteiger partial charge is 0.509 e. The van der Waals surface area contributed by atoms with Crippen LogP contribution in [0, 0.1) is 11.6 Å². The van der Waals surface area contributed by atoms with E-state index < -0.39 is 35.5 Å². The molecule has 2 aromatic carbocycles. The minimum atomic E-state index is -2.01. The number of β-amino-alcohol motifs (C(OH)–C–C–N with tert-alkyl or cyclic N) is 1. The van der Waals surface area contributed by atoms with Gasteiger partial charge < -0.3 is 24.4 Å². The number of anilines is 1. The van der Waals surface area contributed by atoms with Gasteiger partial charge in [0.25, 0.3) is 0 Å². The second-order valence-corrected chi connectivity index (χ2v) is 9.70. The van der Waals surface area contributed by atoms with Crippen LogP contribution in [0.5, 0.6) is 0 Å². The van der Waals surface area contributed by atoms with E-state index in [1.54, 1.807) is 43.0 Å². The van der Waals surface area contributed by atoms with Crippen molar-refractivity contribution in [3.8, 4) is 5.69 Å². The van der Waals surface area contributed by atoms with Gasteiger partial charge in [-0.1, -0.05) is 6.07 Å². The average Bonchev–Trinajstić information content (AvgIpc) is 3.74. The monoisotopic (exact) mass is 621 g/mol. The molecule has 0 saturated carbocycles. The summed E-state index contributed by atoms with van der Waals surface area (Å²) in [5, 5.41) is 28.8. The molecule has 0 radical (unpaired) electrons. The van der Waals surface area contributed by atoms with Gasteiger partial charge in [-0.05, 0) is 54.6 Å². The number of hydrazone groups is 1. The van der Waals surface area contributed by atoms with Crippen LogP contribution < -0.4 is 4.90 Å². The van der Waals surface area contributed by atoms with E-state index in [-0.39, 0.29) is 51.1 Å². The van der Waals surface area contributed by atoms with Gasteiger partial charge in [-0.25, -0.2) is 23.1 Å². The number of ether oxygens (including phenoxy) is 2. The molecule has 1 saturated heterocycles. The summed E-state index contributed by atoms with van der Waals surface area (Å²) in [6.07, 6.45) is 2.00. The third-order valence-electron chi connectivity index (χ3n) is 7.13. The van der Waals surface area contributed by atoms with Gasteiger partial charge in [0, 0.05) is 30.4 Å². The Morgan fingerprint density at radius 1 is 1.12 bits per heavy atom. The maximum Gasteiger partial charge on any atom is 0.509 e. The van der Waals surface area contributed by atoms with E-state index in [0.29, 0.717) is 24.0 Å². The number of nitrogens with zero attached hydrogens (tertiary/aromatic N) is 9. The van der Waals surface area contributed by atoms with Gasteiger partial charge in [0.2, 0.25) is 0 Å². The normalized spacial score (nSPS) is 16.7. The predicted octanol–water partition coefficient (Wildman–Crippen LogP) is 2.53. The molecule has 2 atom stereocenters. The third-order valence-corrected chi connectivity index (χ3v) is 7.13. The standard InChI is InChI=1S/C26H29F2N9O5.ClH/c1-3-41-25(39)42-17-33-15-30-34(16-33)13-26(40,22-9-4-19(27)12-23(22)28)18(2)35-10-11-36(24(35)38)20-5-7-21(8-6-20)37-14-29-31-32-37;/h4-9,12,14-15,18,40H,3,10-11,13,16-17H2,1-2H3;1H/t18-,26-;/m1./s1. The Bertz CT molecular complexity index is 1450. The number of tetrazole rings is 1. The van der Waals surface area contributed by atoms with Crippen molar-refractivity contribution in [1.29, 1.82) is 0 Å². The van der Waals surface area contributed by atoms with E-state index in [1.807, 2.05) is 0 Å². The van der Waals surface area contributed by atoms with Gasteiger partial charge in [-0.3, -0.25) is 9.91 Å². The SMILES string of the molecule is CCOC(=O)OCN1C=NN(C[C@](O)(c2ccc(F)cc2F)[C@@H](C)N2CCN(c3ccc(-n4cnnn4)cc3)C2=O)C1.Cl. The van der Waals surface area contributed by atoms with Gasteiger partial charge in [-0.15, -0.1) is 17.5 Å². The molecule has 43 heavy (non-hydrogen) atoms. The number of hydrogen-bond donors (Lipinski definition) is 1. The molecule has 230 valence electrons. The summed E-state index contributed by atoms with van der Waals surface area (Å²) in [6, 6.07) is 8.57. The zero-order valence-corrected chi connectivity index (χ0v) is 24.1. The molecule has 3 aromatic rings. The first-order valence-electron chi connectivity index (χ1n) is 13.1. The van der Waals surface area contributed by atoms with Crippen molar-refractivity contribution in [1.82, 2.24) is 35.0 Å². The first-order chi connectivity index (χ1) is 20.2. The average molecular weight is 622 g/mol. The maximum absolute atomic E-state index is 15.2. The zero-order chi connectivity index (χ0) is 29.9. The lowest BCUT2D eigenvalue weighted by molar-refractivity contribution is -0.0601. The second kappa shape index (κ2) is 13.2. The zero-order valence-electron chi connectivity index (χ0n) is 23.3. The highest BCUT2D eigenvalue weighted by Gasteiger charge is 2.47. The maximum atomic E-state index is 15.2. The third kappa shape index (κ3) is 6.59. The highest BCUT2D eigenvalue weighted by atomic mass is 35.5. The van der Waals surface area contributed by atoms with Crippen molar-refractivity contribution in [3.05, 3.63) is 66.0 Å². The van der Waals surface area contributed by atoms with Crippen LogP contribution in [0.4, 0.5) is 24.1 Å². The predicted molar refractivity (Wildman–Crippen MR) is 150 cm³/mol. The smallest absolute Gasteiger partial charge is 0.435 e. The van der Waals surface area contributed by atoms with Gasteiger partial charge in [-0.2, -0.15) is 5.10 Å². The van der Waals surface area contributed by atoms with Crippen LogP contribution in [-0.4, -0.2) is 104 Å². The van der Waals surface area contributed by atoms with Gasteiger partial charge >= 0.3 is 12.2 Å². The lowest BCUT2D eigenvalue weighted by atomic mass is 9.85. The molecule has 17 heteroatoms. The molecule has 2 aliphatic heterocycles. The summed E-state index contributed by atoms with van der Waals surface area (Å²) in [6.45, 7) is 3.63. The Morgan fingerprint density at radius 2 is 1.86 bits per heavy atom. The Hall–Kier alpha value is -4.57. The van der Waals surface area contributed by atoms with Crippen LogP contribution in [0.25, 0.3) is 5.69 Å². The summed E-state index contributed by atoms with van der Waals surface area (Å²) in [4.78, 5) is 29.7. The van der Waals surface area contributed by atoms with Crippen LogP contribution in [0.3, 0.4) is 0 Å². The van der Waals surface area contributed by atoms with Crippen molar-refractivity contribution in [2.24, 2.45) is 5.10 Å². The first-order valence-corrected chi connectivity index (χ1v) is 13.1. The molecule has 3 heterocycles. The fourth-order valence-corrected chi connectivity index (χ4v) is 4.93. The van der Waals surface area contributed by atoms with E-state index >= 15 is 4.39 Å². The van der Waals surface area contributed by atoms with Gasteiger partial charge in [0.05, 0.1) is 24.9 Å². The van der Waals surface area contributed by atoms with Gasteiger partial charge in [0.15, 0.2) is 6.73 Å². The fraction of sp³-hybridized carbons (Fsp3) is 0.385.